The van der Waals surface area contributed by atoms with E-state index < -0.39 is 47.6 Å². The fourth-order valence-electron chi connectivity index (χ4n) is 3.44. The van der Waals surface area contributed by atoms with Gasteiger partial charge >= 0.3 is 0 Å². The first-order valence-electron chi connectivity index (χ1n) is 9.36. The van der Waals surface area contributed by atoms with E-state index in [1.165, 1.54) is 37.3 Å². The minimum Gasteiger partial charge on any atom is -0.508 e. The highest BCUT2D eigenvalue weighted by Crippen LogP contribution is 2.37. The summed E-state index contributed by atoms with van der Waals surface area (Å²) in [5.74, 6) is -1.53. The number of aliphatic hydroxyl groups excluding tert-OH is 3. The number of aliphatic hydroxyl groups is 3. The highest BCUT2D eigenvalue weighted by atomic mass is 16.7. The number of aromatic hydroxyl groups is 3. The van der Waals surface area contributed by atoms with Crippen molar-refractivity contribution >= 4 is 11.0 Å². The van der Waals surface area contributed by atoms with Crippen molar-refractivity contribution in [3.8, 4) is 34.3 Å². The summed E-state index contributed by atoms with van der Waals surface area (Å²) in [6.45, 7) is 1.39. The van der Waals surface area contributed by atoms with Gasteiger partial charge in [0.25, 0.3) is 0 Å². The van der Waals surface area contributed by atoms with Crippen LogP contribution in [0.3, 0.4) is 0 Å². The van der Waals surface area contributed by atoms with Gasteiger partial charge in [-0.2, -0.15) is 0 Å². The first-order valence-corrected chi connectivity index (χ1v) is 9.36. The van der Waals surface area contributed by atoms with Gasteiger partial charge in [0, 0.05) is 17.7 Å². The van der Waals surface area contributed by atoms with E-state index in [2.05, 4.69) is 0 Å². The lowest BCUT2D eigenvalue weighted by atomic mass is 10.1. The lowest BCUT2D eigenvalue weighted by molar-refractivity contribution is -0.128. The third kappa shape index (κ3) is 3.66. The maximum atomic E-state index is 12.6. The molecule has 0 bridgehead atoms. The number of ether oxygens (including phenoxy) is 2. The largest absolute Gasteiger partial charge is 0.508 e. The van der Waals surface area contributed by atoms with Gasteiger partial charge in [0.1, 0.15) is 46.5 Å². The van der Waals surface area contributed by atoms with Crippen molar-refractivity contribution in [3.63, 3.8) is 0 Å². The molecule has 0 radical (unpaired) electrons. The molecule has 1 aliphatic heterocycles. The Balaban J connectivity index is 1.75. The zero-order chi connectivity index (χ0) is 22.4. The first-order chi connectivity index (χ1) is 14.7. The molecular formula is C21H20O10. The van der Waals surface area contributed by atoms with Gasteiger partial charge in [-0.1, -0.05) is 0 Å². The monoisotopic (exact) mass is 432 g/mol. The molecule has 0 aliphatic carbocycles. The minimum atomic E-state index is -1.48. The van der Waals surface area contributed by atoms with Crippen LogP contribution < -0.4 is 10.2 Å². The number of hydrogen-bond donors (Lipinski definition) is 6. The topological polar surface area (TPSA) is 170 Å². The predicted octanol–water partition coefficient (Wildman–Crippen LogP) is 0.783. The lowest BCUT2D eigenvalue weighted by Gasteiger charge is -2.18. The van der Waals surface area contributed by atoms with Crippen molar-refractivity contribution in [2.75, 3.05) is 0 Å². The second-order valence-electron chi connectivity index (χ2n) is 7.28. The van der Waals surface area contributed by atoms with E-state index in [-0.39, 0.29) is 28.2 Å². The van der Waals surface area contributed by atoms with Crippen LogP contribution in [0.1, 0.15) is 6.92 Å². The summed E-state index contributed by atoms with van der Waals surface area (Å²) >= 11 is 0. The van der Waals surface area contributed by atoms with Crippen LogP contribution in [-0.2, 0) is 4.74 Å². The fraction of sp³-hybridized carbons (Fsp3) is 0.286. The average Bonchev–Trinajstić information content (AvgIpc) is 3.00. The number of phenolic OH excluding ortho intramolecular Hbond substituents is 2. The van der Waals surface area contributed by atoms with Crippen molar-refractivity contribution < 1.29 is 44.5 Å². The van der Waals surface area contributed by atoms with Crippen LogP contribution in [0, 0.1) is 0 Å². The molecular weight excluding hydrogens is 412 g/mol. The van der Waals surface area contributed by atoms with Crippen molar-refractivity contribution in [1.82, 2.24) is 0 Å². The van der Waals surface area contributed by atoms with Gasteiger partial charge < -0.3 is 44.5 Å². The summed E-state index contributed by atoms with van der Waals surface area (Å²) in [7, 11) is 0. The predicted molar refractivity (Wildman–Crippen MR) is 106 cm³/mol. The Morgan fingerprint density at radius 2 is 1.71 bits per heavy atom. The Bertz CT molecular complexity index is 1170. The Morgan fingerprint density at radius 3 is 2.32 bits per heavy atom. The molecule has 0 unspecified atom stereocenters. The van der Waals surface area contributed by atoms with Crippen LogP contribution in [0.15, 0.2) is 45.6 Å². The van der Waals surface area contributed by atoms with Gasteiger partial charge in [-0.3, -0.25) is 4.79 Å². The van der Waals surface area contributed by atoms with Crippen LogP contribution in [0.5, 0.6) is 23.0 Å². The van der Waals surface area contributed by atoms with Gasteiger partial charge in [-0.05, 0) is 31.2 Å². The Labute approximate surface area is 174 Å². The van der Waals surface area contributed by atoms with Crippen LogP contribution in [0.25, 0.3) is 22.3 Å². The van der Waals surface area contributed by atoms with E-state index in [1.807, 2.05) is 0 Å². The molecule has 2 heterocycles. The second-order valence-corrected chi connectivity index (χ2v) is 7.28. The van der Waals surface area contributed by atoms with Gasteiger partial charge in [-0.25, -0.2) is 0 Å². The number of phenols is 2. The summed E-state index contributed by atoms with van der Waals surface area (Å²) in [4.78, 5) is 12.6. The van der Waals surface area contributed by atoms with E-state index in [1.54, 1.807) is 0 Å². The van der Waals surface area contributed by atoms with Crippen molar-refractivity contribution in [1.29, 1.82) is 0 Å². The van der Waals surface area contributed by atoms with Gasteiger partial charge in [0.15, 0.2) is 5.76 Å². The number of benzene rings is 2. The average molecular weight is 432 g/mol. The maximum Gasteiger partial charge on any atom is 0.238 e. The van der Waals surface area contributed by atoms with E-state index in [9.17, 15) is 35.4 Å². The normalized spacial score (nSPS) is 24.4. The molecule has 0 amide bonds. The van der Waals surface area contributed by atoms with Crippen LogP contribution >= 0.6 is 0 Å². The maximum absolute atomic E-state index is 12.6. The molecule has 0 spiro atoms. The summed E-state index contributed by atoms with van der Waals surface area (Å²) in [5, 5.41) is 59.5. The number of fused-ring (bicyclic) bond motifs is 1. The van der Waals surface area contributed by atoms with E-state index in [4.69, 9.17) is 13.9 Å². The molecule has 3 aromatic rings. The van der Waals surface area contributed by atoms with Crippen molar-refractivity contribution in [2.45, 2.75) is 37.6 Å². The minimum absolute atomic E-state index is 0.0208. The first kappa shape index (κ1) is 20.9. The molecule has 31 heavy (non-hydrogen) atoms. The summed E-state index contributed by atoms with van der Waals surface area (Å²) in [6.07, 6.45) is -6.37. The molecule has 1 aliphatic rings. The van der Waals surface area contributed by atoms with E-state index in [0.717, 1.165) is 6.07 Å². The van der Waals surface area contributed by atoms with Crippen LogP contribution in [-0.4, -0.2) is 61.3 Å². The summed E-state index contributed by atoms with van der Waals surface area (Å²) < 4.78 is 16.5. The fourth-order valence-corrected chi connectivity index (χ4v) is 3.44. The molecule has 164 valence electrons. The molecule has 4 rings (SSSR count). The molecule has 0 saturated carbocycles. The summed E-state index contributed by atoms with van der Waals surface area (Å²) in [5.41, 5.74) is -0.700. The lowest BCUT2D eigenvalue weighted by Crippen LogP contribution is -2.38. The van der Waals surface area contributed by atoms with Gasteiger partial charge in [0.05, 0.1) is 6.10 Å². The van der Waals surface area contributed by atoms with Crippen molar-refractivity contribution in [2.24, 2.45) is 0 Å². The molecule has 5 atom stereocenters. The molecule has 10 nitrogen and oxygen atoms in total. The van der Waals surface area contributed by atoms with Gasteiger partial charge in [-0.15, -0.1) is 0 Å². The number of rotatable bonds is 4. The zero-order valence-corrected chi connectivity index (χ0v) is 16.2. The standard InChI is InChI=1S/C21H20O10/c1-8(22)19-17(27)18(28)21(31-19)29-11-6-12(24)14-13(7-11)30-20(16(26)15(14)25)9-2-4-10(23)5-3-9/h2-8,17-19,21-24,26-28H,1H3/t8-,17+,18-,19-,21-/m0/s1. The molecule has 1 fully saturated rings. The molecule has 6 N–H and O–H groups in total. The van der Waals surface area contributed by atoms with Crippen molar-refractivity contribution in [3.05, 3.63) is 46.6 Å². The highest BCUT2D eigenvalue weighted by molar-refractivity contribution is 5.88. The van der Waals surface area contributed by atoms with Crippen LogP contribution in [0.2, 0.25) is 0 Å². The smallest absolute Gasteiger partial charge is 0.238 e. The quantitative estimate of drug-likeness (QED) is 0.346. The SMILES string of the molecule is C[C@H](O)[C@@H]1O[C@H](Oc2cc(O)c3c(=O)c(O)c(-c4ccc(O)cc4)oc3c2)[C@@H](O)[C@H]1O. The third-order valence-corrected chi connectivity index (χ3v) is 5.04. The molecule has 2 aromatic carbocycles. The molecule has 1 saturated heterocycles. The molecule has 10 heteroatoms. The highest BCUT2D eigenvalue weighted by Gasteiger charge is 2.46. The zero-order valence-electron chi connectivity index (χ0n) is 16.2. The van der Waals surface area contributed by atoms with Crippen LogP contribution in [0.4, 0.5) is 0 Å². The van der Waals surface area contributed by atoms with E-state index >= 15 is 0 Å². The number of hydrogen-bond acceptors (Lipinski definition) is 10. The van der Waals surface area contributed by atoms with Gasteiger partial charge in [0.2, 0.25) is 17.5 Å². The Hall–Kier alpha value is -3.31. The Morgan fingerprint density at radius 1 is 1.03 bits per heavy atom. The summed E-state index contributed by atoms with van der Waals surface area (Å²) in [6, 6.07) is 7.87. The molecule has 1 aromatic heterocycles. The third-order valence-electron chi connectivity index (χ3n) is 5.04. The second kappa shape index (κ2) is 7.75. The van der Waals surface area contributed by atoms with E-state index in [0.29, 0.717) is 5.56 Å². The Kier molecular flexibility index (Phi) is 5.23.